The fraction of sp³-hybridized carbons (Fsp3) is 0.941. The predicted molar refractivity (Wildman–Crippen MR) is 83.0 cm³/mol. The number of ether oxygens (including phenoxy) is 2. The lowest BCUT2D eigenvalue weighted by atomic mass is 9.75. The quantitative estimate of drug-likeness (QED) is 0.700. The van der Waals surface area contributed by atoms with Gasteiger partial charge in [0.05, 0.1) is 12.7 Å². The van der Waals surface area contributed by atoms with Gasteiger partial charge in [0.1, 0.15) is 12.7 Å². The summed E-state index contributed by atoms with van der Waals surface area (Å²) in [6.07, 6.45) is 4.19. The zero-order valence-corrected chi connectivity index (χ0v) is 14.0. The fourth-order valence-electron chi connectivity index (χ4n) is 3.05. The van der Waals surface area contributed by atoms with Crippen molar-refractivity contribution in [3.63, 3.8) is 0 Å². The molecule has 1 saturated carbocycles. The molecule has 0 heterocycles. The van der Waals surface area contributed by atoms with Gasteiger partial charge in [0, 0.05) is 6.42 Å². The van der Waals surface area contributed by atoms with Crippen molar-refractivity contribution in [2.75, 3.05) is 13.2 Å². The second-order valence-corrected chi connectivity index (χ2v) is 6.78. The molecule has 0 spiro atoms. The van der Waals surface area contributed by atoms with E-state index in [0.29, 0.717) is 24.2 Å². The van der Waals surface area contributed by atoms with Gasteiger partial charge in [-0.25, -0.2) is 0 Å². The highest BCUT2D eigenvalue weighted by Crippen LogP contribution is 2.35. The normalized spacial score (nSPS) is 27.6. The van der Waals surface area contributed by atoms with E-state index >= 15 is 0 Å². The van der Waals surface area contributed by atoms with E-state index in [4.69, 9.17) is 9.47 Å². The van der Waals surface area contributed by atoms with Crippen LogP contribution in [0.4, 0.5) is 0 Å². The van der Waals surface area contributed by atoms with Crippen molar-refractivity contribution in [3.05, 3.63) is 0 Å². The second kappa shape index (κ2) is 9.42. The summed E-state index contributed by atoms with van der Waals surface area (Å²) in [7, 11) is 0. The molecule has 1 aliphatic carbocycles. The highest BCUT2D eigenvalue weighted by molar-refractivity contribution is 5.69. The number of aliphatic hydroxyl groups is 1. The summed E-state index contributed by atoms with van der Waals surface area (Å²) in [6, 6.07) is 0. The molecule has 124 valence electrons. The van der Waals surface area contributed by atoms with E-state index in [1.54, 1.807) is 0 Å². The largest absolute Gasteiger partial charge is 0.463 e. The Labute approximate surface area is 129 Å². The van der Waals surface area contributed by atoms with E-state index in [1.807, 2.05) is 6.92 Å². The Balaban J connectivity index is 2.32. The molecule has 0 saturated heterocycles. The maximum absolute atomic E-state index is 11.3. The summed E-state index contributed by atoms with van der Waals surface area (Å²) >= 11 is 0. The average Bonchev–Trinajstić information content (AvgIpc) is 2.43. The summed E-state index contributed by atoms with van der Waals surface area (Å²) in [5.74, 6) is 1.60. The van der Waals surface area contributed by atoms with Crippen LogP contribution in [0.2, 0.25) is 0 Å². The van der Waals surface area contributed by atoms with Crippen molar-refractivity contribution in [3.8, 4) is 0 Å². The van der Waals surface area contributed by atoms with Crippen molar-refractivity contribution >= 4 is 5.97 Å². The Morgan fingerprint density at radius 2 is 2.00 bits per heavy atom. The first-order valence-electron chi connectivity index (χ1n) is 8.39. The number of rotatable bonds is 8. The lowest BCUT2D eigenvalue weighted by Gasteiger charge is -2.37. The number of aliphatic hydroxyl groups excluding tert-OH is 1. The second-order valence-electron chi connectivity index (χ2n) is 6.78. The predicted octanol–water partition coefficient (Wildman–Crippen LogP) is 3.17. The Bertz CT molecular complexity index is 303. The third kappa shape index (κ3) is 6.79. The molecule has 0 radical (unpaired) electrons. The lowest BCUT2D eigenvalue weighted by Crippen LogP contribution is -2.37. The van der Waals surface area contributed by atoms with E-state index < -0.39 is 6.10 Å². The molecule has 0 aliphatic heterocycles. The molecule has 4 unspecified atom stereocenters. The summed E-state index contributed by atoms with van der Waals surface area (Å²) in [4.78, 5) is 11.3. The fourth-order valence-corrected chi connectivity index (χ4v) is 3.05. The van der Waals surface area contributed by atoms with Gasteiger partial charge in [-0.2, -0.15) is 0 Å². The van der Waals surface area contributed by atoms with Crippen LogP contribution in [0.25, 0.3) is 0 Å². The van der Waals surface area contributed by atoms with E-state index in [0.717, 1.165) is 12.8 Å². The van der Waals surface area contributed by atoms with Gasteiger partial charge in [0.25, 0.3) is 0 Å². The molecular formula is C17H32O4. The maximum Gasteiger partial charge on any atom is 0.305 e. The van der Waals surface area contributed by atoms with Crippen LogP contribution < -0.4 is 0 Å². The van der Waals surface area contributed by atoms with Crippen molar-refractivity contribution in [1.82, 2.24) is 0 Å². The van der Waals surface area contributed by atoms with Crippen LogP contribution in [0.5, 0.6) is 0 Å². The van der Waals surface area contributed by atoms with Crippen molar-refractivity contribution < 1.29 is 19.4 Å². The SMILES string of the molecule is CCCC(=O)OCC(O)COC1CC(C)CCC1C(C)C. The van der Waals surface area contributed by atoms with Gasteiger partial charge in [-0.3, -0.25) is 4.79 Å². The molecule has 4 atom stereocenters. The topological polar surface area (TPSA) is 55.8 Å². The third-order valence-corrected chi connectivity index (χ3v) is 4.35. The maximum atomic E-state index is 11.3. The number of carbonyl (C=O) groups is 1. The van der Waals surface area contributed by atoms with E-state index in [2.05, 4.69) is 20.8 Å². The van der Waals surface area contributed by atoms with Gasteiger partial charge in [-0.05, 0) is 37.0 Å². The van der Waals surface area contributed by atoms with Gasteiger partial charge in [0.2, 0.25) is 0 Å². The van der Waals surface area contributed by atoms with Crippen LogP contribution in [0, 0.1) is 17.8 Å². The molecule has 21 heavy (non-hydrogen) atoms. The molecule has 0 bridgehead atoms. The van der Waals surface area contributed by atoms with Crippen LogP contribution in [-0.4, -0.2) is 36.5 Å². The summed E-state index contributed by atoms with van der Waals surface area (Å²) in [5.41, 5.74) is 0. The smallest absolute Gasteiger partial charge is 0.305 e. The third-order valence-electron chi connectivity index (χ3n) is 4.35. The number of hydrogen-bond acceptors (Lipinski definition) is 4. The molecule has 0 aromatic heterocycles. The minimum absolute atomic E-state index is 0.0352. The van der Waals surface area contributed by atoms with E-state index in [-0.39, 0.29) is 25.3 Å². The minimum Gasteiger partial charge on any atom is -0.463 e. The van der Waals surface area contributed by atoms with Crippen molar-refractivity contribution in [1.29, 1.82) is 0 Å². The first-order valence-corrected chi connectivity index (χ1v) is 8.39. The lowest BCUT2D eigenvalue weighted by molar-refractivity contribution is -0.149. The first kappa shape index (κ1) is 18.4. The van der Waals surface area contributed by atoms with Crippen molar-refractivity contribution in [2.45, 2.75) is 72.0 Å². The highest BCUT2D eigenvalue weighted by Gasteiger charge is 2.31. The Hall–Kier alpha value is -0.610. The molecule has 4 heteroatoms. The van der Waals surface area contributed by atoms with Crippen molar-refractivity contribution in [2.24, 2.45) is 17.8 Å². The van der Waals surface area contributed by atoms with Gasteiger partial charge in [-0.15, -0.1) is 0 Å². The van der Waals surface area contributed by atoms with Gasteiger partial charge in [-0.1, -0.05) is 34.1 Å². The number of hydrogen-bond donors (Lipinski definition) is 1. The van der Waals surface area contributed by atoms with Crippen LogP contribution in [0.15, 0.2) is 0 Å². The van der Waals surface area contributed by atoms with Gasteiger partial charge < -0.3 is 14.6 Å². The van der Waals surface area contributed by atoms with Crippen LogP contribution >= 0.6 is 0 Å². The molecule has 1 aliphatic rings. The summed E-state index contributed by atoms with van der Waals surface area (Å²) < 4.78 is 11.0. The standard InChI is InChI=1S/C17H32O4/c1-5-6-17(19)21-11-14(18)10-20-16-9-13(4)7-8-15(16)12(2)3/h12-16,18H,5-11H2,1-4H3. The molecule has 1 rings (SSSR count). The minimum atomic E-state index is -0.726. The molecule has 0 aromatic rings. The molecular weight excluding hydrogens is 268 g/mol. The zero-order valence-electron chi connectivity index (χ0n) is 14.0. The number of esters is 1. The van der Waals surface area contributed by atoms with Crippen LogP contribution in [-0.2, 0) is 14.3 Å². The van der Waals surface area contributed by atoms with Crippen LogP contribution in [0.3, 0.4) is 0 Å². The molecule has 0 amide bonds. The van der Waals surface area contributed by atoms with E-state index in [1.165, 1.54) is 12.8 Å². The molecule has 1 fully saturated rings. The van der Waals surface area contributed by atoms with E-state index in [9.17, 15) is 9.90 Å². The first-order chi connectivity index (χ1) is 9.93. The summed E-state index contributed by atoms with van der Waals surface area (Å²) in [6.45, 7) is 8.94. The van der Waals surface area contributed by atoms with Gasteiger partial charge in [0.15, 0.2) is 0 Å². The zero-order chi connectivity index (χ0) is 15.8. The molecule has 4 nitrogen and oxygen atoms in total. The summed E-state index contributed by atoms with van der Waals surface area (Å²) in [5, 5.41) is 9.89. The van der Waals surface area contributed by atoms with Crippen LogP contribution in [0.1, 0.15) is 59.8 Å². The Morgan fingerprint density at radius 1 is 1.29 bits per heavy atom. The molecule has 1 N–H and O–H groups in total. The average molecular weight is 300 g/mol. The Kier molecular flexibility index (Phi) is 8.27. The molecule has 0 aromatic carbocycles. The van der Waals surface area contributed by atoms with Gasteiger partial charge >= 0.3 is 5.97 Å². The highest BCUT2D eigenvalue weighted by atomic mass is 16.5. The Morgan fingerprint density at radius 3 is 2.62 bits per heavy atom. The number of carbonyl (C=O) groups excluding carboxylic acids is 1. The monoisotopic (exact) mass is 300 g/mol.